The molecule has 3 aromatic carbocycles. The number of hydrogen-bond donors (Lipinski definition) is 2. The molecule has 0 radical (unpaired) electrons. The average Bonchev–Trinajstić information content (AvgIpc) is 3.73. The molecule has 0 bridgehead atoms. The Kier molecular flexibility index (Phi) is 7.95. The van der Waals surface area contributed by atoms with Crippen molar-refractivity contribution >= 4 is 29.3 Å². The summed E-state index contributed by atoms with van der Waals surface area (Å²) in [6.07, 6.45) is 8.83. The first kappa shape index (κ1) is 30.9. The molecule has 8 rings (SSSR count). The van der Waals surface area contributed by atoms with E-state index in [2.05, 4.69) is 42.9 Å². The molecule has 4 heterocycles. The fraction of sp³-hybridized carbons (Fsp3) is 0.222. The van der Waals surface area contributed by atoms with E-state index in [9.17, 15) is 19.2 Å². The van der Waals surface area contributed by atoms with E-state index >= 15 is 0 Å². The predicted octanol–water partition coefficient (Wildman–Crippen LogP) is 3.86. The van der Waals surface area contributed by atoms with E-state index in [0.717, 1.165) is 41.0 Å². The average molecular weight is 671 g/mol. The Morgan fingerprint density at radius 3 is 2.12 bits per heavy atom. The monoisotopic (exact) mass is 670 g/mol. The molecule has 250 valence electrons. The summed E-state index contributed by atoms with van der Waals surface area (Å²) in [4.78, 5) is 60.7. The molecular formula is C36H30N8O6. The van der Waals surface area contributed by atoms with Gasteiger partial charge in [-0.15, -0.1) is 4.80 Å². The maximum atomic E-state index is 13.1. The van der Waals surface area contributed by atoms with Crippen molar-refractivity contribution in [3.8, 4) is 23.2 Å². The summed E-state index contributed by atoms with van der Waals surface area (Å²) in [5, 5.41) is 13.7. The van der Waals surface area contributed by atoms with Gasteiger partial charge in [0.2, 0.25) is 11.8 Å². The molecule has 2 N–H and O–H groups in total. The van der Waals surface area contributed by atoms with Gasteiger partial charge in [-0.1, -0.05) is 24.3 Å². The normalized spacial score (nSPS) is 19.8. The van der Waals surface area contributed by atoms with Crippen LogP contribution in [0.2, 0.25) is 0 Å². The molecule has 1 aliphatic carbocycles. The van der Waals surface area contributed by atoms with E-state index in [-0.39, 0.29) is 36.1 Å². The number of carbonyl (C=O) groups excluding carboxylic acids is 4. The van der Waals surface area contributed by atoms with Crippen LogP contribution in [0.15, 0.2) is 91.5 Å². The first-order valence-electron chi connectivity index (χ1n) is 16.2. The lowest BCUT2D eigenvalue weighted by atomic mass is 9.89. The summed E-state index contributed by atoms with van der Waals surface area (Å²) < 4.78 is 12.1. The molecule has 0 spiro atoms. The third-order valence-electron chi connectivity index (χ3n) is 8.91. The van der Waals surface area contributed by atoms with Gasteiger partial charge >= 0.3 is 0 Å². The Hall–Kier alpha value is -6.44. The second-order valence-electron chi connectivity index (χ2n) is 12.4. The number of nitrogens with one attached hydrogen (secondary N) is 2. The van der Waals surface area contributed by atoms with Crippen LogP contribution in [0, 0.1) is 0 Å². The topological polar surface area (TPSA) is 171 Å². The molecule has 14 heteroatoms. The standard InChI is InChI=1S/C36H30N8O6/c45-32-12-11-31(33(46)42-32)43-34(47)29-10-5-23(18-30(29)35(43)48)41-24-16-27(17-24)49-25-6-1-21(2-7-25)15-22-3-8-26(9-4-22)50-28-19-37-36(38-20-28)44-39-13-14-40-44/h1-10,13-14,18-20,24,27,31,41H,11-12,15-17H2,(H,42,45,46)/t24-,27-,31?. The molecule has 3 aliphatic rings. The highest BCUT2D eigenvalue weighted by atomic mass is 16.5. The van der Waals surface area contributed by atoms with Crippen LogP contribution in [0.25, 0.3) is 5.95 Å². The zero-order chi connectivity index (χ0) is 34.2. The molecule has 2 aliphatic heterocycles. The van der Waals surface area contributed by atoms with Crippen LogP contribution >= 0.6 is 0 Å². The van der Waals surface area contributed by atoms with Crippen LogP contribution in [0.1, 0.15) is 57.5 Å². The minimum atomic E-state index is -0.985. The first-order chi connectivity index (χ1) is 24.4. The van der Waals surface area contributed by atoms with Crippen molar-refractivity contribution in [2.45, 2.75) is 50.3 Å². The lowest BCUT2D eigenvalue weighted by molar-refractivity contribution is -0.136. The first-order valence-corrected chi connectivity index (χ1v) is 16.2. The molecule has 1 atom stereocenters. The molecule has 1 unspecified atom stereocenters. The van der Waals surface area contributed by atoms with E-state index < -0.39 is 29.7 Å². The van der Waals surface area contributed by atoms with Crippen LogP contribution in [-0.2, 0) is 16.0 Å². The maximum Gasteiger partial charge on any atom is 0.268 e. The molecule has 14 nitrogen and oxygen atoms in total. The number of fused-ring (bicyclic) bond motifs is 1. The number of aromatic nitrogens is 5. The minimum Gasteiger partial charge on any atom is -0.490 e. The number of nitrogens with zero attached hydrogens (tertiary/aromatic N) is 6. The number of benzene rings is 3. The maximum absolute atomic E-state index is 13.1. The van der Waals surface area contributed by atoms with Gasteiger partial charge in [-0.25, -0.2) is 9.97 Å². The van der Waals surface area contributed by atoms with Gasteiger partial charge < -0.3 is 14.8 Å². The number of imide groups is 2. The Morgan fingerprint density at radius 2 is 1.44 bits per heavy atom. The summed E-state index contributed by atoms with van der Waals surface area (Å²) in [5.41, 5.74) is 3.51. The second-order valence-corrected chi connectivity index (χ2v) is 12.4. The predicted molar refractivity (Wildman–Crippen MR) is 177 cm³/mol. The van der Waals surface area contributed by atoms with E-state index in [0.29, 0.717) is 23.1 Å². The highest BCUT2D eigenvalue weighted by molar-refractivity contribution is 6.23. The smallest absolute Gasteiger partial charge is 0.268 e. The fourth-order valence-corrected chi connectivity index (χ4v) is 6.29. The number of piperidine rings is 1. The van der Waals surface area contributed by atoms with Gasteiger partial charge in [0.05, 0.1) is 35.9 Å². The van der Waals surface area contributed by atoms with Crippen molar-refractivity contribution < 1.29 is 28.7 Å². The number of anilines is 1. The van der Waals surface area contributed by atoms with Gasteiger partial charge in [0.15, 0.2) is 5.75 Å². The lowest BCUT2D eigenvalue weighted by Gasteiger charge is -2.36. The van der Waals surface area contributed by atoms with Gasteiger partial charge in [0.25, 0.3) is 17.8 Å². The highest BCUT2D eigenvalue weighted by Gasteiger charge is 2.44. The Labute approximate surface area is 285 Å². The molecule has 5 aromatic rings. The number of carbonyl (C=O) groups is 4. The van der Waals surface area contributed by atoms with Crippen LogP contribution in [0.5, 0.6) is 17.2 Å². The third kappa shape index (κ3) is 6.25. The van der Waals surface area contributed by atoms with Gasteiger partial charge in [0.1, 0.15) is 23.6 Å². The summed E-state index contributed by atoms with van der Waals surface area (Å²) in [6, 6.07) is 20.1. The van der Waals surface area contributed by atoms with Gasteiger partial charge in [-0.2, -0.15) is 10.2 Å². The van der Waals surface area contributed by atoms with Gasteiger partial charge in [0, 0.05) is 31.0 Å². The summed E-state index contributed by atoms with van der Waals surface area (Å²) in [5.74, 6) is 0.277. The van der Waals surface area contributed by atoms with Crippen molar-refractivity contribution in [1.82, 2.24) is 35.2 Å². The molecule has 1 saturated carbocycles. The van der Waals surface area contributed by atoms with E-state index in [4.69, 9.17) is 9.47 Å². The van der Waals surface area contributed by atoms with Crippen molar-refractivity contribution in [3.63, 3.8) is 0 Å². The molecule has 2 fully saturated rings. The number of amides is 4. The Bertz CT molecular complexity index is 2080. The zero-order valence-electron chi connectivity index (χ0n) is 26.6. The Balaban J connectivity index is 0.799. The van der Waals surface area contributed by atoms with E-state index in [1.807, 2.05) is 36.4 Å². The SMILES string of the molecule is O=C1CCC(N2C(=O)c3ccc(N[C@H]4C[C@H](Oc5ccc(Cc6ccc(Oc7cnc(-n8nccn8)nc7)cc6)cc5)C4)cc3C2=O)C(=O)N1. The van der Waals surface area contributed by atoms with Crippen molar-refractivity contribution in [3.05, 3.63) is 114 Å². The number of rotatable bonds is 10. The van der Waals surface area contributed by atoms with E-state index in [1.54, 1.807) is 43.0 Å². The number of ether oxygens (including phenoxy) is 2. The fourth-order valence-electron chi connectivity index (χ4n) is 6.29. The molecule has 2 aromatic heterocycles. The second kappa shape index (κ2) is 12.9. The summed E-state index contributed by atoms with van der Waals surface area (Å²) in [7, 11) is 0. The van der Waals surface area contributed by atoms with Crippen LogP contribution in [0.4, 0.5) is 5.69 Å². The lowest BCUT2D eigenvalue weighted by Crippen LogP contribution is -2.54. The molecule has 1 saturated heterocycles. The Morgan fingerprint density at radius 1 is 0.780 bits per heavy atom. The molecule has 50 heavy (non-hydrogen) atoms. The zero-order valence-corrected chi connectivity index (χ0v) is 26.6. The van der Waals surface area contributed by atoms with Crippen LogP contribution in [0.3, 0.4) is 0 Å². The third-order valence-corrected chi connectivity index (χ3v) is 8.91. The van der Waals surface area contributed by atoms with Crippen molar-refractivity contribution in [2.24, 2.45) is 0 Å². The number of hydrogen-bond acceptors (Lipinski definition) is 11. The van der Waals surface area contributed by atoms with Crippen molar-refractivity contribution in [1.29, 1.82) is 0 Å². The van der Waals surface area contributed by atoms with Gasteiger partial charge in [-0.05, 0) is 66.4 Å². The van der Waals surface area contributed by atoms with Crippen LogP contribution in [-0.4, -0.2) is 71.7 Å². The summed E-state index contributed by atoms with van der Waals surface area (Å²) >= 11 is 0. The van der Waals surface area contributed by atoms with Crippen LogP contribution < -0.4 is 20.1 Å². The van der Waals surface area contributed by atoms with Gasteiger partial charge in [-0.3, -0.25) is 29.4 Å². The van der Waals surface area contributed by atoms with E-state index in [1.165, 1.54) is 4.80 Å². The molecular weight excluding hydrogens is 640 g/mol. The molecule has 4 amide bonds. The summed E-state index contributed by atoms with van der Waals surface area (Å²) in [6.45, 7) is 0. The highest BCUT2D eigenvalue weighted by Crippen LogP contribution is 2.33. The van der Waals surface area contributed by atoms with Crippen molar-refractivity contribution in [2.75, 3.05) is 5.32 Å². The quantitative estimate of drug-likeness (QED) is 0.207. The largest absolute Gasteiger partial charge is 0.490 e. The minimum absolute atomic E-state index is 0.0513.